The van der Waals surface area contributed by atoms with E-state index >= 15 is 0 Å². The molecule has 0 fully saturated rings. The first-order valence-corrected chi connectivity index (χ1v) is 10.2. The molecule has 0 spiro atoms. The summed E-state index contributed by atoms with van der Waals surface area (Å²) in [5.41, 5.74) is 1.34. The van der Waals surface area contributed by atoms with Crippen molar-refractivity contribution in [3.05, 3.63) is 76.5 Å². The van der Waals surface area contributed by atoms with Crippen LogP contribution in [0, 0.1) is 6.92 Å². The molecule has 150 valence electrons. The van der Waals surface area contributed by atoms with E-state index in [0.29, 0.717) is 16.9 Å². The highest BCUT2D eigenvalue weighted by molar-refractivity contribution is 7.83. The highest BCUT2D eigenvalue weighted by Gasteiger charge is 2.36. The topological polar surface area (TPSA) is 64.0 Å². The van der Waals surface area contributed by atoms with Crippen LogP contribution in [0.2, 0.25) is 0 Å². The third kappa shape index (κ3) is 3.69. The van der Waals surface area contributed by atoms with Crippen LogP contribution in [-0.4, -0.2) is 19.9 Å². The number of nitrogens with one attached hydrogen (secondary N) is 1. The molecular formula is C20H16F3N3O2S. The van der Waals surface area contributed by atoms with Gasteiger partial charge in [-0.2, -0.15) is 18.3 Å². The van der Waals surface area contributed by atoms with E-state index in [1.54, 1.807) is 12.1 Å². The summed E-state index contributed by atoms with van der Waals surface area (Å²) in [6.07, 6.45) is -4.66. The van der Waals surface area contributed by atoms with E-state index in [9.17, 15) is 22.2 Å². The highest BCUT2D eigenvalue weighted by Crippen LogP contribution is 2.34. The molecule has 9 heteroatoms. The number of amides is 1. The van der Waals surface area contributed by atoms with E-state index in [2.05, 4.69) is 10.4 Å². The quantitative estimate of drug-likeness (QED) is 0.692. The van der Waals surface area contributed by atoms with Crippen LogP contribution >= 0.6 is 0 Å². The van der Waals surface area contributed by atoms with Crippen molar-refractivity contribution in [2.24, 2.45) is 0 Å². The molecule has 3 aromatic rings. The second-order valence-corrected chi connectivity index (χ2v) is 8.20. The Morgan fingerprint density at radius 1 is 1.10 bits per heavy atom. The van der Waals surface area contributed by atoms with Crippen molar-refractivity contribution in [1.29, 1.82) is 0 Å². The summed E-state index contributed by atoms with van der Waals surface area (Å²) in [6.45, 7) is 1.92. The molecule has 1 aliphatic rings. The molecule has 0 aliphatic carbocycles. The first-order valence-electron chi connectivity index (χ1n) is 8.74. The van der Waals surface area contributed by atoms with Gasteiger partial charge in [0.15, 0.2) is 0 Å². The zero-order chi connectivity index (χ0) is 20.8. The van der Waals surface area contributed by atoms with Crippen LogP contribution in [0.5, 0.6) is 0 Å². The first kappa shape index (κ1) is 19.4. The van der Waals surface area contributed by atoms with Gasteiger partial charge < -0.3 is 5.32 Å². The van der Waals surface area contributed by atoms with Gasteiger partial charge in [-0.1, -0.05) is 29.8 Å². The van der Waals surface area contributed by atoms with Crippen LogP contribution in [0.1, 0.15) is 32.7 Å². The lowest BCUT2D eigenvalue weighted by molar-refractivity contribution is -0.137. The molecule has 0 bridgehead atoms. The number of anilines is 1. The van der Waals surface area contributed by atoms with Crippen LogP contribution in [0.4, 0.5) is 19.0 Å². The standard InChI is InChI=1S/C20H16F3N3O2S/c1-12-6-8-13(9-7-12)26-18(15-10-29(28)11-17(15)25-26)24-19(27)14-4-2-3-5-16(14)20(21,22)23/h2-9H,10-11H2,1H3,(H,24,27)/t29-/m0/s1. The average molecular weight is 419 g/mol. The molecule has 0 saturated heterocycles. The molecule has 2 aromatic carbocycles. The zero-order valence-electron chi connectivity index (χ0n) is 15.3. The van der Waals surface area contributed by atoms with E-state index < -0.39 is 34.0 Å². The summed E-state index contributed by atoms with van der Waals surface area (Å²) >= 11 is 0. The number of alkyl halides is 3. The van der Waals surface area contributed by atoms with E-state index in [0.717, 1.165) is 17.7 Å². The average Bonchev–Trinajstić information content (AvgIpc) is 3.19. The molecule has 29 heavy (non-hydrogen) atoms. The third-order valence-corrected chi connectivity index (χ3v) is 5.86. The Morgan fingerprint density at radius 3 is 2.48 bits per heavy atom. The van der Waals surface area contributed by atoms with Gasteiger partial charge in [-0.15, -0.1) is 0 Å². The molecule has 0 radical (unpaired) electrons. The largest absolute Gasteiger partial charge is 0.417 e. The molecule has 0 unspecified atom stereocenters. The van der Waals surface area contributed by atoms with Crippen molar-refractivity contribution in [2.45, 2.75) is 24.6 Å². The molecular weight excluding hydrogens is 403 g/mol. The van der Waals surface area contributed by atoms with Crippen molar-refractivity contribution in [3.8, 4) is 5.69 Å². The number of aromatic nitrogens is 2. The highest BCUT2D eigenvalue weighted by atomic mass is 32.2. The summed E-state index contributed by atoms with van der Waals surface area (Å²) in [7, 11) is -1.15. The number of rotatable bonds is 3. The number of carbonyl (C=O) groups is 1. The first-order chi connectivity index (χ1) is 13.7. The molecule has 1 aromatic heterocycles. The number of aryl methyl sites for hydroxylation is 1. The Morgan fingerprint density at radius 2 is 1.79 bits per heavy atom. The molecule has 1 aliphatic heterocycles. The summed E-state index contributed by atoms with van der Waals surface area (Å²) in [4.78, 5) is 12.8. The number of carbonyl (C=O) groups excluding carboxylic acids is 1. The van der Waals surface area contributed by atoms with Crippen LogP contribution in [0.15, 0.2) is 48.5 Å². The number of hydrogen-bond donors (Lipinski definition) is 1. The fourth-order valence-electron chi connectivity index (χ4n) is 3.23. The number of benzene rings is 2. The minimum Gasteiger partial charge on any atom is -0.306 e. The fraction of sp³-hybridized carbons (Fsp3) is 0.200. The van der Waals surface area contributed by atoms with Gasteiger partial charge in [0.05, 0.1) is 34.0 Å². The second-order valence-electron chi connectivity index (χ2n) is 6.75. The van der Waals surface area contributed by atoms with Crippen molar-refractivity contribution >= 4 is 22.5 Å². The van der Waals surface area contributed by atoms with Gasteiger partial charge in [0.25, 0.3) is 5.91 Å². The van der Waals surface area contributed by atoms with Crippen molar-refractivity contribution in [3.63, 3.8) is 0 Å². The van der Waals surface area contributed by atoms with E-state index in [-0.39, 0.29) is 17.3 Å². The van der Waals surface area contributed by atoms with Gasteiger partial charge in [0.2, 0.25) is 0 Å². The summed E-state index contributed by atoms with van der Waals surface area (Å²) in [6, 6.07) is 11.9. The maximum Gasteiger partial charge on any atom is 0.417 e. The predicted molar refractivity (Wildman–Crippen MR) is 103 cm³/mol. The Hall–Kier alpha value is -2.94. The maximum atomic E-state index is 13.3. The van der Waals surface area contributed by atoms with Crippen LogP contribution in [0.25, 0.3) is 5.69 Å². The lowest BCUT2D eigenvalue weighted by atomic mass is 10.1. The second kappa shape index (κ2) is 7.14. The summed E-state index contributed by atoms with van der Waals surface area (Å²) in [5.74, 6) is -0.211. The lowest BCUT2D eigenvalue weighted by Gasteiger charge is -2.14. The van der Waals surface area contributed by atoms with Crippen LogP contribution < -0.4 is 5.32 Å². The molecule has 1 N–H and O–H groups in total. The van der Waals surface area contributed by atoms with Crippen LogP contribution in [-0.2, 0) is 28.5 Å². The predicted octanol–water partition coefficient (Wildman–Crippen LogP) is 4.21. The molecule has 0 saturated carbocycles. The SMILES string of the molecule is Cc1ccc(-n2nc3c(c2NC(=O)c2ccccc2C(F)(F)F)C[S@](=O)C3)cc1. The van der Waals surface area contributed by atoms with E-state index in [4.69, 9.17) is 0 Å². The third-order valence-electron chi connectivity index (χ3n) is 4.66. The van der Waals surface area contributed by atoms with Crippen molar-refractivity contribution in [2.75, 3.05) is 5.32 Å². The van der Waals surface area contributed by atoms with Gasteiger partial charge in [-0.05, 0) is 31.2 Å². The van der Waals surface area contributed by atoms with Gasteiger partial charge >= 0.3 is 6.18 Å². The van der Waals surface area contributed by atoms with Gasteiger partial charge in [0, 0.05) is 16.4 Å². The normalized spacial score (nSPS) is 15.9. The number of hydrogen-bond acceptors (Lipinski definition) is 3. The monoisotopic (exact) mass is 419 g/mol. The molecule has 1 amide bonds. The van der Waals surface area contributed by atoms with Crippen molar-refractivity contribution < 1.29 is 22.2 Å². The minimum atomic E-state index is -4.66. The van der Waals surface area contributed by atoms with Crippen molar-refractivity contribution in [1.82, 2.24) is 9.78 Å². The fourth-order valence-corrected chi connectivity index (χ4v) is 4.50. The molecule has 5 nitrogen and oxygen atoms in total. The molecule has 1 atom stereocenters. The Kier molecular flexibility index (Phi) is 4.77. The molecule has 4 rings (SSSR count). The number of halogens is 3. The number of nitrogens with zero attached hydrogens (tertiary/aromatic N) is 2. The van der Waals surface area contributed by atoms with Gasteiger partial charge in [0.1, 0.15) is 5.82 Å². The summed E-state index contributed by atoms with van der Waals surface area (Å²) in [5, 5.41) is 7.03. The number of fused-ring (bicyclic) bond motifs is 1. The Labute approximate surface area is 167 Å². The smallest absolute Gasteiger partial charge is 0.306 e. The Bertz CT molecular complexity index is 1120. The zero-order valence-corrected chi connectivity index (χ0v) is 16.1. The maximum absolute atomic E-state index is 13.3. The van der Waals surface area contributed by atoms with Gasteiger partial charge in [-0.25, -0.2) is 4.68 Å². The van der Waals surface area contributed by atoms with Gasteiger partial charge in [-0.3, -0.25) is 9.00 Å². The van der Waals surface area contributed by atoms with Crippen LogP contribution in [0.3, 0.4) is 0 Å². The lowest BCUT2D eigenvalue weighted by Crippen LogP contribution is -2.21. The van der Waals surface area contributed by atoms with E-state index in [1.807, 2.05) is 19.1 Å². The Balaban J connectivity index is 1.77. The van der Waals surface area contributed by atoms with E-state index in [1.165, 1.54) is 16.8 Å². The minimum absolute atomic E-state index is 0.192. The summed E-state index contributed by atoms with van der Waals surface area (Å²) < 4.78 is 53.3. The molecule has 2 heterocycles.